The summed E-state index contributed by atoms with van der Waals surface area (Å²) in [5.74, 6) is 1.29. The second kappa shape index (κ2) is 6.62. The van der Waals surface area contributed by atoms with Crippen molar-refractivity contribution in [3.63, 3.8) is 0 Å². The Morgan fingerprint density at radius 3 is 2.59 bits per heavy atom. The quantitative estimate of drug-likeness (QED) is 0.827. The van der Waals surface area contributed by atoms with Crippen molar-refractivity contribution in [3.8, 4) is 5.75 Å². The Morgan fingerprint density at radius 2 is 2.00 bits per heavy atom. The van der Waals surface area contributed by atoms with Crippen LogP contribution in [0.4, 0.5) is 0 Å². The van der Waals surface area contributed by atoms with Crippen molar-refractivity contribution in [1.29, 1.82) is 0 Å². The Balaban J connectivity index is 2.77. The monoisotopic (exact) mass is 237 g/mol. The second-order valence-electron chi connectivity index (χ2n) is 4.51. The fraction of sp³-hybridized carbons (Fsp3) is 0.571. The number of methoxy groups -OCH3 is 2. The normalized spacial score (nSPS) is 14.4. The molecule has 1 rings (SSSR count). The molecule has 0 aliphatic rings. The molecule has 2 N–H and O–H groups in total. The smallest absolute Gasteiger partial charge is 0.122 e. The molecular weight excluding hydrogens is 214 g/mol. The van der Waals surface area contributed by atoms with Crippen LogP contribution >= 0.6 is 0 Å². The molecule has 17 heavy (non-hydrogen) atoms. The first-order valence-corrected chi connectivity index (χ1v) is 5.99. The number of aryl methyl sites for hydroxylation is 1. The summed E-state index contributed by atoms with van der Waals surface area (Å²) < 4.78 is 10.4. The summed E-state index contributed by atoms with van der Waals surface area (Å²) >= 11 is 0. The molecule has 0 heterocycles. The summed E-state index contributed by atoms with van der Waals surface area (Å²) in [5, 5.41) is 0. The summed E-state index contributed by atoms with van der Waals surface area (Å²) in [5.41, 5.74) is 8.50. The number of ether oxygens (including phenoxy) is 2. The highest BCUT2D eigenvalue weighted by Gasteiger charge is 2.15. The van der Waals surface area contributed by atoms with Gasteiger partial charge in [0.1, 0.15) is 5.75 Å². The first-order valence-electron chi connectivity index (χ1n) is 5.99. The molecule has 0 saturated carbocycles. The molecule has 0 aromatic heterocycles. The van der Waals surface area contributed by atoms with Gasteiger partial charge in [-0.3, -0.25) is 0 Å². The summed E-state index contributed by atoms with van der Waals surface area (Å²) in [7, 11) is 3.40. The number of nitrogens with two attached hydrogens (primary N) is 1. The van der Waals surface area contributed by atoms with Crippen LogP contribution in [0.1, 0.15) is 30.5 Å². The van der Waals surface area contributed by atoms with Gasteiger partial charge in [0.2, 0.25) is 0 Å². The molecule has 2 unspecified atom stereocenters. The third kappa shape index (κ3) is 3.72. The largest absolute Gasteiger partial charge is 0.496 e. The van der Waals surface area contributed by atoms with E-state index in [-0.39, 0.29) is 6.04 Å². The minimum atomic E-state index is 0.0275. The third-order valence-corrected chi connectivity index (χ3v) is 3.21. The van der Waals surface area contributed by atoms with Crippen LogP contribution in [0.5, 0.6) is 5.75 Å². The van der Waals surface area contributed by atoms with Crippen molar-refractivity contribution in [2.75, 3.05) is 20.8 Å². The lowest BCUT2D eigenvalue weighted by molar-refractivity contribution is 0.174. The molecule has 96 valence electrons. The van der Waals surface area contributed by atoms with E-state index in [2.05, 4.69) is 19.1 Å². The van der Waals surface area contributed by atoms with E-state index in [4.69, 9.17) is 15.2 Å². The standard InChI is InChI=1S/C14H23NO2/c1-10-5-6-12(9-13(10)17-4)14(15)11(2)7-8-16-3/h5-6,9,11,14H,7-8,15H2,1-4H3. The van der Waals surface area contributed by atoms with E-state index in [1.807, 2.05) is 13.0 Å². The van der Waals surface area contributed by atoms with Crippen LogP contribution in [-0.4, -0.2) is 20.8 Å². The summed E-state index contributed by atoms with van der Waals surface area (Å²) in [4.78, 5) is 0. The van der Waals surface area contributed by atoms with E-state index in [1.165, 1.54) is 0 Å². The fourth-order valence-corrected chi connectivity index (χ4v) is 1.86. The Morgan fingerprint density at radius 1 is 1.29 bits per heavy atom. The molecule has 0 amide bonds. The van der Waals surface area contributed by atoms with E-state index in [9.17, 15) is 0 Å². The molecule has 3 heteroatoms. The van der Waals surface area contributed by atoms with Crippen LogP contribution in [0, 0.1) is 12.8 Å². The lowest BCUT2D eigenvalue weighted by Crippen LogP contribution is -2.20. The van der Waals surface area contributed by atoms with Crippen molar-refractivity contribution in [1.82, 2.24) is 0 Å². The zero-order valence-electron chi connectivity index (χ0n) is 11.2. The van der Waals surface area contributed by atoms with Crippen molar-refractivity contribution < 1.29 is 9.47 Å². The molecule has 0 fully saturated rings. The van der Waals surface area contributed by atoms with Gasteiger partial charge < -0.3 is 15.2 Å². The molecule has 3 nitrogen and oxygen atoms in total. The van der Waals surface area contributed by atoms with Gasteiger partial charge in [0.05, 0.1) is 7.11 Å². The van der Waals surface area contributed by atoms with Crippen LogP contribution in [0.15, 0.2) is 18.2 Å². The Labute approximate surface area is 104 Å². The van der Waals surface area contributed by atoms with Gasteiger partial charge in [-0.25, -0.2) is 0 Å². The number of hydrogen-bond acceptors (Lipinski definition) is 3. The average Bonchev–Trinajstić information content (AvgIpc) is 2.35. The maximum atomic E-state index is 6.24. The van der Waals surface area contributed by atoms with Gasteiger partial charge in [-0.1, -0.05) is 19.1 Å². The van der Waals surface area contributed by atoms with Crippen molar-refractivity contribution in [2.24, 2.45) is 11.7 Å². The SMILES string of the molecule is COCCC(C)C(N)c1ccc(C)c(OC)c1. The van der Waals surface area contributed by atoms with Crippen LogP contribution in [-0.2, 0) is 4.74 Å². The predicted molar refractivity (Wildman–Crippen MR) is 70.3 cm³/mol. The zero-order chi connectivity index (χ0) is 12.8. The van der Waals surface area contributed by atoms with Gasteiger partial charge >= 0.3 is 0 Å². The van der Waals surface area contributed by atoms with E-state index in [0.717, 1.165) is 29.9 Å². The first-order chi connectivity index (χ1) is 8.10. The van der Waals surface area contributed by atoms with E-state index >= 15 is 0 Å². The Bertz CT molecular complexity index is 352. The number of rotatable bonds is 6. The lowest BCUT2D eigenvalue weighted by atomic mass is 9.92. The molecule has 0 spiro atoms. The molecule has 2 atom stereocenters. The van der Waals surface area contributed by atoms with Crippen LogP contribution in [0.2, 0.25) is 0 Å². The van der Waals surface area contributed by atoms with E-state index < -0.39 is 0 Å². The van der Waals surface area contributed by atoms with E-state index in [1.54, 1.807) is 14.2 Å². The number of benzene rings is 1. The van der Waals surface area contributed by atoms with Crippen LogP contribution in [0.25, 0.3) is 0 Å². The fourth-order valence-electron chi connectivity index (χ4n) is 1.86. The maximum Gasteiger partial charge on any atom is 0.122 e. The molecule has 0 aliphatic heterocycles. The molecule has 0 saturated heterocycles. The van der Waals surface area contributed by atoms with Crippen LogP contribution < -0.4 is 10.5 Å². The maximum absolute atomic E-state index is 6.24. The topological polar surface area (TPSA) is 44.5 Å². The van der Waals surface area contributed by atoms with Crippen LogP contribution in [0.3, 0.4) is 0 Å². The third-order valence-electron chi connectivity index (χ3n) is 3.21. The molecule has 0 radical (unpaired) electrons. The second-order valence-corrected chi connectivity index (χ2v) is 4.51. The van der Waals surface area contributed by atoms with Gasteiger partial charge in [0, 0.05) is 19.8 Å². The summed E-state index contributed by atoms with van der Waals surface area (Å²) in [6.07, 6.45) is 0.966. The first kappa shape index (κ1) is 14.0. The highest BCUT2D eigenvalue weighted by molar-refractivity contribution is 5.37. The highest BCUT2D eigenvalue weighted by atomic mass is 16.5. The van der Waals surface area contributed by atoms with Gasteiger partial charge in [-0.2, -0.15) is 0 Å². The average molecular weight is 237 g/mol. The van der Waals surface area contributed by atoms with Crippen molar-refractivity contribution >= 4 is 0 Å². The zero-order valence-corrected chi connectivity index (χ0v) is 11.2. The van der Waals surface area contributed by atoms with Gasteiger partial charge in [0.25, 0.3) is 0 Å². The number of hydrogen-bond donors (Lipinski definition) is 1. The molecule has 1 aromatic carbocycles. The highest BCUT2D eigenvalue weighted by Crippen LogP contribution is 2.27. The lowest BCUT2D eigenvalue weighted by Gasteiger charge is -2.21. The Hall–Kier alpha value is -1.06. The molecule has 1 aromatic rings. The summed E-state index contributed by atoms with van der Waals surface area (Å²) in [6, 6.07) is 6.19. The molecule has 0 bridgehead atoms. The predicted octanol–water partition coefficient (Wildman–Crippen LogP) is 2.68. The van der Waals surface area contributed by atoms with Crippen molar-refractivity contribution in [2.45, 2.75) is 26.3 Å². The minimum Gasteiger partial charge on any atom is -0.496 e. The molecule has 0 aliphatic carbocycles. The summed E-state index contributed by atoms with van der Waals surface area (Å²) in [6.45, 7) is 4.93. The van der Waals surface area contributed by atoms with Gasteiger partial charge in [-0.05, 0) is 36.5 Å². The van der Waals surface area contributed by atoms with E-state index in [0.29, 0.717) is 5.92 Å². The Kier molecular flexibility index (Phi) is 5.45. The van der Waals surface area contributed by atoms with Crippen molar-refractivity contribution in [3.05, 3.63) is 29.3 Å². The minimum absolute atomic E-state index is 0.0275. The van der Waals surface area contributed by atoms with Gasteiger partial charge in [0.15, 0.2) is 0 Å². The molecular formula is C14H23NO2. The van der Waals surface area contributed by atoms with Gasteiger partial charge in [-0.15, -0.1) is 0 Å².